The third-order valence-electron chi connectivity index (χ3n) is 3.86. The molecule has 3 heteroatoms. The van der Waals surface area contributed by atoms with Gasteiger partial charge in [-0.2, -0.15) is 5.10 Å². The summed E-state index contributed by atoms with van der Waals surface area (Å²) in [5.41, 5.74) is 2.66. The summed E-state index contributed by atoms with van der Waals surface area (Å²) in [5, 5.41) is 4.60. The molecule has 1 unspecified atom stereocenters. The largest absolute Gasteiger partial charge is 0.270 e. The predicted molar refractivity (Wildman–Crippen MR) is 74.6 cm³/mol. The molecule has 98 valence electrons. The van der Waals surface area contributed by atoms with Crippen LogP contribution >= 0.6 is 11.6 Å². The lowest BCUT2D eigenvalue weighted by atomic mass is 9.77. The second kappa shape index (κ2) is 5.90. The smallest absolute Gasteiger partial charge is 0.0624 e. The van der Waals surface area contributed by atoms with Gasteiger partial charge >= 0.3 is 0 Å². The first-order valence-electron chi connectivity index (χ1n) is 6.58. The quantitative estimate of drug-likeness (QED) is 0.706. The average Bonchev–Trinajstić information content (AvgIpc) is 2.70. The van der Waals surface area contributed by atoms with Crippen molar-refractivity contribution in [1.82, 2.24) is 9.78 Å². The summed E-state index contributed by atoms with van der Waals surface area (Å²) in [6.07, 6.45) is 2.01. The van der Waals surface area contributed by atoms with Gasteiger partial charge in [0.05, 0.1) is 5.69 Å². The third-order valence-corrected chi connectivity index (χ3v) is 4.47. The Labute approximate surface area is 110 Å². The van der Waals surface area contributed by atoms with Gasteiger partial charge in [-0.15, -0.1) is 11.6 Å². The molecule has 2 nitrogen and oxygen atoms in total. The zero-order chi connectivity index (χ0) is 13.1. The second-order valence-corrected chi connectivity index (χ2v) is 5.68. The van der Waals surface area contributed by atoms with Crippen LogP contribution in [0.2, 0.25) is 0 Å². The van der Waals surface area contributed by atoms with Crippen molar-refractivity contribution in [2.24, 2.45) is 11.3 Å². The normalized spacial score (nSPS) is 15.2. The molecule has 0 bridgehead atoms. The Balaban J connectivity index is 2.96. The maximum Gasteiger partial charge on any atom is 0.0624 e. The van der Waals surface area contributed by atoms with Crippen LogP contribution in [0.15, 0.2) is 6.07 Å². The van der Waals surface area contributed by atoms with Crippen LogP contribution in [-0.2, 0) is 19.4 Å². The molecule has 1 rings (SSSR count). The van der Waals surface area contributed by atoms with Crippen LogP contribution in [0.5, 0.6) is 0 Å². The summed E-state index contributed by atoms with van der Waals surface area (Å²) in [4.78, 5) is 0. The van der Waals surface area contributed by atoms with E-state index in [2.05, 4.69) is 50.5 Å². The van der Waals surface area contributed by atoms with Crippen LogP contribution < -0.4 is 0 Å². The zero-order valence-corrected chi connectivity index (χ0v) is 12.5. The minimum absolute atomic E-state index is 0.152. The van der Waals surface area contributed by atoms with Gasteiger partial charge in [-0.3, -0.25) is 4.68 Å². The number of rotatable bonds is 6. The van der Waals surface area contributed by atoms with Gasteiger partial charge in [-0.25, -0.2) is 0 Å². The van der Waals surface area contributed by atoms with E-state index >= 15 is 0 Å². The fourth-order valence-corrected chi connectivity index (χ4v) is 2.33. The molecule has 0 aromatic carbocycles. The van der Waals surface area contributed by atoms with Crippen molar-refractivity contribution >= 4 is 11.6 Å². The van der Waals surface area contributed by atoms with Crippen LogP contribution in [0, 0.1) is 11.3 Å². The molecule has 0 aliphatic heterocycles. The Hall–Kier alpha value is -0.500. The fourth-order valence-electron chi connectivity index (χ4n) is 1.92. The first kappa shape index (κ1) is 14.6. The Morgan fingerprint density at radius 2 is 2.06 bits per heavy atom. The molecule has 0 radical (unpaired) electrons. The minimum Gasteiger partial charge on any atom is -0.270 e. The van der Waals surface area contributed by atoms with E-state index in [0.717, 1.165) is 19.4 Å². The summed E-state index contributed by atoms with van der Waals surface area (Å²) >= 11 is 6.16. The molecule has 0 amide bonds. The molecule has 1 heterocycles. The van der Waals surface area contributed by atoms with E-state index < -0.39 is 0 Å². The van der Waals surface area contributed by atoms with Gasteiger partial charge in [0.1, 0.15) is 0 Å². The molecule has 0 fully saturated rings. The Bertz CT molecular complexity index is 357. The lowest BCUT2D eigenvalue weighted by molar-refractivity contribution is 0.247. The highest BCUT2D eigenvalue weighted by Gasteiger charge is 2.29. The molecule has 0 aliphatic rings. The minimum atomic E-state index is 0.152. The Morgan fingerprint density at radius 3 is 2.47 bits per heavy atom. The fraction of sp³-hybridized carbons (Fsp3) is 0.786. The van der Waals surface area contributed by atoms with Gasteiger partial charge in [0.2, 0.25) is 0 Å². The van der Waals surface area contributed by atoms with Crippen molar-refractivity contribution in [2.45, 2.75) is 54.0 Å². The summed E-state index contributed by atoms with van der Waals surface area (Å²) in [6.45, 7) is 12.0. The van der Waals surface area contributed by atoms with Crippen LogP contribution in [-0.4, -0.2) is 15.7 Å². The predicted octanol–water partition coefficient (Wildman–Crippen LogP) is 3.91. The van der Waals surface area contributed by atoms with Gasteiger partial charge in [0.15, 0.2) is 0 Å². The number of aryl methyl sites for hydroxylation is 2. The summed E-state index contributed by atoms with van der Waals surface area (Å²) in [5.74, 6) is 1.27. The van der Waals surface area contributed by atoms with Gasteiger partial charge in [-0.1, -0.05) is 27.7 Å². The number of halogens is 1. The number of hydrogen-bond donors (Lipinski definition) is 0. The molecule has 1 atom stereocenters. The number of alkyl halides is 1. The molecular weight excluding hydrogens is 232 g/mol. The van der Waals surface area contributed by atoms with Crippen molar-refractivity contribution in [2.75, 3.05) is 5.88 Å². The van der Waals surface area contributed by atoms with Crippen molar-refractivity contribution in [1.29, 1.82) is 0 Å². The molecule has 17 heavy (non-hydrogen) atoms. The van der Waals surface area contributed by atoms with Crippen LogP contribution in [0.3, 0.4) is 0 Å². The summed E-state index contributed by atoms with van der Waals surface area (Å²) in [7, 11) is 0. The maximum atomic E-state index is 6.16. The van der Waals surface area contributed by atoms with Crippen molar-refractivity contribution in [3.63, 3.8) is 0 Å². The van der Waals surface area contributed by atoms with E-state index in [9.17, 15) is 0 Å². The molecule has 1 aromatic rings. The van der Waals surface area contributed by atoms with Crippen molar-refractivity contribution in [3.8, 4) is 0 Å². The highest BCUT2D eigenvalue weighted by atomic mass is 35.5. The van der Waals surface area contributed by atoms with E-state index in [1.807, 2.05) is 0 Å². The third kappa shape index (κ3) is 3.25. The van der Waals surface area contributed by atoms with E-state index in [0.29, 0.717) is 11.8 Å². The lowest BCUT2D eigenvalue weighted by Gasteiger charge is -2.31. The second-order valence-electron chi connectivity index (χ2n) is 5.42. The van der Waals surface area contributed by atoms with E-state index in [-0.39, 0.29) is 5.41 Å². The SMILES string of the molecule is CCc1cc(CC(C)(CCl)C(C)C)n(CC)n1. The summed E-state index contributed by atoms with van der Waals surface area (Å²) in [6, 6.07) is 2.23. The van der Waals surface area contributed by atoms with Gasteiger partial charge < -0.3 is 0 Å². The molecular formula is C14H25ClN2. The van der Waals surface area contributed by atoms with Crippen LogP contribution in [0.4, 0.5) is 0 Å². The van der Waals surface area contributed by atoms with Crippen LogP contribution in [0.25, 0.3) is 0 Å². The first-order chi connectivity index (χ1) is 7.96. The molecule has 0 N–H and O–H groups in total. The molecule has 0 aliphatic carbocycles. The number of nitrogens with zero attached hydrogens (tertiary/aromatic N) is 2. The lowest BCUT2D eigenvalue weighted by Crippen LogP contribution is -2.29. The highest BCUT2D eigenvalue weighted by Crippen LogP contribution is 2.32. The monoisotopic (exact) mass is 256 g/mol. The molecule has 0 saturated heterocycles. The molecule has 0 saturated carbocycles. The highest BCUT2D eigenvalue weighted by molar-refractivity contribution is 6.18. The van der Waals surface area contributed by atoms with Crippen molar-refractivity contribution < 1.29 is 0 Å². The number of aromatic nitrogens is 2. The van der Waals surface area contributed by atoms with Crippen LogP contribution in [0.1, 0.15) is 46.0 Å². The molecule has 0 spiro atoms. The van der Waals surface area contributed by atoms with E-state index in [1.54, 1.807) is 0 Å². The standard InChI is InChI=1S/C14H25ClN2/c1-6-12-8-13(17(7-2)16-12)9-14(5,10-15)11(3)4/h8,11H,6-7,9-10H2,1-5H3. The van der Waals surface area contributed by atoms with E-state index in [4.69, 9.17) is 11.6 Å². The van der Waals surface area contributed by atoms with Crippen molar-refractivity contribution in [3.05, 3.63) is 17.5 Å². The van der Waals surface area contributed by atoms with E-state index in [1.165, 1.54) is 11.4 Å². The van der Waals surface area contributed by atoms with Gasteiger partial charge in [-0.05, 0) is 37.2 Å². The Kier molecular flexibility index (Phi) is 5.05. The van der Waals surface area contributed by atoms with Gasteiger partial charge in [0, 0.05) is 18.1 Å². The molecule has 1 aromatic heterocycles. The Morgan fingerprint density at radius 1 is 1.41 bits per heavy atom. The topological polar surface area (TPSA) is 17.8 Å². The average molecular weight is 257 g/mol. The zero-order valence-electron chi connectivity index (χ0n) is 11.8. The number of hydrogen-bond acceptors (Lipinski definition) is 1. The first-order valence-corrected chi connectivity index (χ1v) is 7.11. The maximum absolute atomic E-state index is 6.16. The summed E-state index contributed by atoms with van der Waals surface area (Å²) < 4.78 is 2.12. The van der Waals surface area contributed by atoms with Gasteiger partial charge in [0.25, 0.3) is 0 Å².